The predicted molar refractivity (Wildman–Crippen MR) is 136 cm³/mol. The maximum atomic E-state index is 13.1. The van der Waals surface area contributed by atoms with E-state index in [1.54, 1.807) is 24.3 Å². The van der Waals surface area contributed by atoms with Gasteiger partial charge in [0, 0.05) is 36.0 Å². The van der Waals surface area contributed by atoms with Crippen LogP contribution in [0.15, 0.2) is 40.6 Å². The molecule has 9 nitrogen and oxygen atoms in total. The Morgan fingerprint density at radius 2 is 1.32 bits per heavy atom. The van der Waals surface area contributed by atoms with Crippen molar-refractivity contribution in [2.75, 3.05) is 0 Å². The lowest BCUT2D eigenvalue weighted by atomic mass is 9.73. The molecule has 0 amide bonds. The Bertz CT molecular complexity index is 1420. The molecule has 0 fully saturated rings. The summed E-state index contributed by atoms with van der Waals surface area (Å²) < 4.78 is 0. The Balaban J connectivity index is 2.19. The van der Waals surface area contributed by atoms with Crippen molar-refractivity contribution in [3.05, 3.63) is 58.1 Å². The SMILES string of the molecule is CCC1(CC)c2cc(C(=O)/C(C)=N/OC(C)=O)ccc2-c2c(C#N)cc(C(=O)/C(C)=N/OC(C)=O)cc21. The highest BCUT2D eigenvalue weighted by molar-refractivity contribution is 6.45. The molecule has 0 spiro atoms. The topological polar surface area (TPSA) is 135 Å². The number of nitrogens with zero attached hydrogens (tertiary/aromatic N) is 3. The number of carbonyl (C=O) groups is 4. The van der Waals surface area contributed by atoms with Gasteiger partial charge in [0.15, 0.2) is 0 Å². The maximum Gasteiger partial charge on any atom is 0.331 e. The van der Waals surface area contributed by atoms with Crippen LogP contribution in [0.1, 0.15) is 91.8 Å². The number of carbonyl (C=O) groups excluding carboxylic acids is 4. The molecule has 2 aromatic rings. The molecule has 0 saturated carbocycles. The number of ketones is 2. The number of rotatable bonds is 8. The normalized spacial score (nSPS) is 13.8. The average molecular weight is 502 g/mol. The summed E-state index contributed by atoms with van der Waals surface area (Å²) in [6, 6.07) is 10.7. The standard InChI is InChI=1S/C28H27N3O6/c1-7-28(8-2)23-12-19(26(34)15(3)30-36-17(5)32)9-10-22(23)25-21(14-29)11-20(13-24(25)28)27(35)16(4)31-37-18(6)33/h9-13H,7-8H2,1-6H3/b30-15+,31-16+. The summed E-state index contributed by atoms with van der Waals surface area (Å²) in [6.45, 7) is 9.30. The van der Waals surface area contributed by atoms with Crippen LogP contribution in [0.5, 0.6) is 0 Å². The van der Waals surface area contributed by atoms with E-state index >= 15 is 0 Å². The number of hydrogen-bond acceptors (Lipinski definition) is 9. The molecule has 0 saturated heterocycles. The lowest BCUT2D eigenvalue weighted by Gasteiger charge is -2.30. The highest BCUT2D eigenvalue weighted by Crippen LogP contribution is 2.54. The fourth-order valence-corrected chi connectivity index (χ4v) is 4.75. The zero-order valence-corrected chi connectivity index (χ0v) is 21.6. The molecule has 2 aromatic carbocycles. The Kier molecular flexibility index (Phi) is 7.82. The summed E-state index contributed by atoms with van der Waals surface area (Å²) >= 11 is 0. The number of nitriles is 1. The summed E-state index contributed by atoms with van der Waals surface area (Å²) in [6.07, 6.45) is 1.29. The van der Waals surface area contributed by atoms with Gasteiger partial charge in [-0.15, -0.1) is 0 Å². The molecule has 190 valence electrons. The van der Waals surface area contributed by atoms with Crippen molar-refractivity contribution >= 4 is 34.9 Å². The minimum Gasteiger partial charge on any atom is -0.318 e. The van der Waals surface area contributed by atoms with E-state index in [-0.39, 0.29) is 17.0 Å². The largest absolute Gasteiger partial charge is 0.331 e. The molecule has 0 unspecified atom stereocenters. The van der Waals surface area contributed by atoms with Crippen LogP contribution in [0.4, 0.5) is 0 Å². The second kappa shape index (κ2) is 10.7. The molecule has 0 aromatic heterocycles. The number of oxime groups is 2. The Morgan fingerprint density at radius 1 is 0.811 bits per heavy atom. The fraction of sp³-hybridized carbons (Fsp3) is 0.321. The van der Waals surface area contributed by atoms with Crippen LogP contribution in [0, 0.1) is 11.3 Å². The van der Waals surface area contributed by atoms with Crippen LogP contribution in [-0.4, -0.2) is 34.9 Å². The van der Waals surface area contributed by atoms with Crippen LogP contribution >= 0.6 is 0 Å². The van der Waals surface area contributed by atoms with Crippen molar-refractivity contribution in [2.24, 2.45) is 10.3 Å². The van der Waals surface area contributed by atoms with Crippen molar-refractivity contribution in [3.8, 4) is 17.2 Å². The molecule has 0 atom stereocenters. The molecule has 0 N–H and O–H groups in total. The van der Waals surface area contributed by atoms with Crippen molar-refractivity contribution in [3.63, 3.8) is 0 Å². The Labute approximate surface area is 214 Å². The van der Waals surface area contributed by atoms with Crippen molar-refractivity contribution < 1.29 is 28.9 Å². The second-order valence-corrected chi connectivity index (χ2v) is 8.79. The van der Waals surface area contributed by atoms with E-state index in [9.17, 15) is 24.4 Å². The first-order chi connectivity index (χ1) is 17.5. The minimum absolute atomic E-state index is 0.0245. The fourth-order valence-electron chi connectivity index (χ4n) is 4.75. The highest BCUT2D eigenvalue weighted by atomic mass is 16.7. The van der Waals surface area contributed by atoms with Gasteiger partial charge in [-0.3, -0.25) is 9.59 Å². The van der Waals surface area contributed by atoms with Gasteiger partial charge in [0.1, 0.15) is 11.4 Å². The highest BCUT2D eigenvalue weighted by Gasteiger charge is 2.43. The maximum absolute atomic E-state index is 13.1. The summed E-state index contributed by atoms with van der Waals surface area (Å²) in [5.41, 5.74) is 3.58. The van der Waals surface area contributed by atoms with Crippen LogP contribution in [0.25, 0.3) is 11.1 Å². The monoisotopic (exact) mass is 501 g/mol. The number of benzene rings is 2. The lowest BCUT2D eigenvalue weighted by Crippen LogP contribution is -2.24. The first kappa shape index (κ1) is 27.1. The van der Waals surface area contributed by atoms with Gasteiger partial charge in [-0.2, -0.15) is 5.26 Å². The Morgan fingerprint density at radius 3 is 1.81 bits per heavy atom. The summed E-state index contributed by atoms with van der Waals surface area (Å²) in [4.78, 5) is 57.5. The smallest absolute Gasteiger partial charge is 0.318 e. The molecule has 1 aliphatic carbocycles. The van der Waals surface area contributed by atoms with Gasteiger partial charge in [-0.1, -0.05) is 36.3 Å². The minimum atomic E-state index is -0.649. The van der Waals surface area contributed by atoms with Gasteiger partial charge >= 0.3 is 11.9 Å². The molecule has 37 heavy (non-hydrogen) atoms. The van der Waals surface area contributed by atoms with E-state index in [1.807, 2.05) is 13.8 Å². The van der Waals surface area contributed by atoms with Gasteiger partial charge in [0.2, 0.25) is 11.6 Å². The van der Waals surface area contributed by atoms with Gasteiger partial charge < -0.3 is 9.68 Å². The molecule has 0 heterocycles. The molecule has 0 radical (unpaired) electrons. The zero-order valence-electron chi connectivity index (χ0n) is 21.6. The van der Waals surface area contributed by atoms with Gasteiger partial charge in [-0.25, -0.2) is 9.59 Å². The second-order valence-electron chi connectivity index (χ2n) is 8.79. The molecule has 0 bridgehead atoms. The van der Waals surface area contributed by atoms with Crippen molar-refractivity contribution in [1.82, 2.24) is 0 Å². The summed E-state index contributed by atoms with van der Waals surface area (Å²) in [5.74, 6) is -2.14. The third-order valence-electron chi connectivity index (χ3n) is 6.59. The predicted octanol–water partition coefficient (Wildman–Crippen LogP) is 4.89. The average Bonchev–Trinajstić information content (AvgIpc) is 3.17. The van der Waals surface area contributed by atoms with Crippen LogP contribution in [-0.2, 0) is 24.7 Å². The van der Waals surface area contributed by atoms with Gasteiger partial charge in [0.05, 0.1) is 11.6 Å². The molecule has 9 heteroatoms. The zero-order chi connectivity index (χ0) is 27.5. The number of fused-ring (bicyclic) bond motifs is 3. The van der Waals surface area contributed by atoms with Crippen LogP contribution < -0.4 is 0 Å². The van der Waals surface area contributed by atoms with Crippen LogP contribution in [0.3, 0.4) is 0 Å². The molecular weight excluding hydrogens is 474 g/mol. The Hall–Kier alpha value is -4.45. The molecule has 1 aliphatic rings. The number of hydrogen-bond donors (Lipinski definition) is 0. The van der Waals surface area contributed by atoms with Gasteiger partial charge in [0.25, 0.3) is 0 Å². The third-order valence-corrected chi connectivity index (χ3v) is 6.59. The van der Waals surface area contributed by atoms with Crippen LogP contribution in [0.2, 0.25) is 0 Å². The third kappa shape index (κ3) is 4.96. The van der Waals surface area contributed by atoms with E-state index in [2.05, 4.69) is 26.1 Å². The molecular formula is C28H27N3O6. The number of Topliss-reactive ketones (excluding diaryl/α,β-unsaturated/α-hetero) is 2. The van der Waals surface area contributed by atoms with Gasteiger partial charge in [-0.05, 0) is 61.6 Å². The molecule has 3 rings (SSSR count). The summed E-state index contributed by atoms with van der Waals surface area (Å²) in [5, 5.41) is 17.2. The van der Waals surface area contributed by atoms with E-state index in [0.717, 1.165) is 22.3 Å². The first-order valence-corrected chi connectivity index (χ1v) is 11.8. The van der Waals surface area contributed by atoms with Crippen molar-refractivity contribution in [2.45, 2.75) is 59.8 Å². The first-order valence-electron chi connectivity index (χ1n) is 11.8. The van der Waals surface area contributed by atoms with E-state index < -0.39 is 28.9 Å². The lowest BCUT2D eigenvalue weighted by molar-refractivity contribution is -0.141. The van der Waals surface area contributed by atoms with E-state index in [0.29, 0.717) is 24.0 Å². The van der Waals surface area contributed by atoms with E-state index in [1.165, 1.54) is 33.8 Å². The summed E-state index contributed by atoms with van der Waals surface area (Å²) in [7, 11) is 0. The molecule has 0 aliphatic heterocycles. The van der Waals surface area contributed by atoms with E-state index in [4.69, 9.17) is 0 Å². The quantitative estimate of drug-likeness (QED) is 0.217. The van der Waals surface area contributed by atoms with Crippen molar-refractivity contribution in [1.29, 1.82) is 5.26 Å².